The third-order valence-electron chi connectivity index (χ3n) is 3.76. The van der Waals surface area contributed by atoms with E-state index in [4.69, 9.17) is 0 Å². The Bertz CT molecular complexity index is 350. The molecule has 6 nitrogen and oxygen atoms in total. The molecule has 0 aromatic heterocycles. The summed E-state index contributed by atoms with van der Waals surface area (Å²) >= 11 is 0. The predicted molar refractivity (Wildman–Crippen MR) is 103 cm³/mol. The van der Waals surface area contributed by atoms with Crippen molar-refractivity contribution in [1.29, 1.82) is 0 Å². The summed E-state index contributed by atoms with van der Waals surface area (Å²) in [7, 11) is 5.94. The maximum absolute atomic E-state index is 3.49. The number of rotatable bonds is 15. The standard InChI is InChI=1S/C18H36N6/c1-19-4-7-22-13-16-10-17(14-23-8-5-20-2)12-18(11-16)15-24-9-6-21-3/h10-12,19-24H,4-9,13-15H2,1-3H3. The van der Waals surface area contributed by atoms with E-state index < -0.39 is 0 Å². The van der Waals surface area contributed by atoms with Crippen molar-refractivity contribution in [2.75, 3.05) is 60.4 Å². The fraction of sp³-hybridized carbons (Fsp3) is 0.667. The van der Waals surface area contributed by atoms with Gasteiger partial charge in [-0.15, -0.1) is 0 Å². The van der Waals surface area contributed by atoms with E-state index >= 15 is 0 Å². The third kappa shape index (κ3) is 9.97. The SMILES string of the molecule is CNCCNCc1cc(CNCCNC)cc(CNCCNC)c1. The molecule has 0 heterocycles. The molecule has 0 unspecified atom stereocenters. The molecule has 0 amide bonds. The van der Waals surface area contributed by atoms with E-state index in [1.165, 1.54) is 16.7 Å². The summed E-state index contributed by atoms with van der Waals surface area (Å²) in [4.78, 5) is 0. The van der Waals surface area contributed by atoms with Gasteiger partial charge in [0.25, 0.3) is 0 Å². The van der Waals surface area contributed by atoms with Gasteiger partial charge in [0.05, 0.1) is 0 Å². The normalized spacial score (nSPS) is 11.1. The number of hydrogen-bond donors (Lipinski definition) is 6. The van der Waals surface area contributed by atoms with Crippen LogP contribution in [-0.2, 0) is 19.6 Å². The first-order valence-electron chi connectivity index (χ1n) is 8.97. The molecule has 6 heteroatoms. The monoisotopic (exact) mass is 336 g/mol. The molecule has 0 bridgehead atoms. The second-order valence-corrected chi connectivity index (χ2v) is 6.00. The van der Waals surface area contributed by atoms with Crippen LogP contribution in [0.5, 0.6) is 0 Å². The Kier molecular flexibility index (Phi) is 12.6. The highest BCUT2D eigenvalue weighted by Crippen LogP contribution is 2.11. The summed E-state index contributed by atoms with van der Waals surface area (Å²) in [5.74, 6) is 0. The highest BCUT2D eigenvalue weighted by molar-refractivity contribution is 5.30. The maximum atomic E-state index is 3.49. The van der Waals surface area contributed by atoms with Crippen molar-refractivity contribution in [1.82, 2.24) is 31.9 Å². The Labute approximate surface area is 147 Å². The van der Waals surface area contributed by atoms with Crippen LogP contribution in [0.15, 0.2) is 18.2 Å². The molecule has 0 spiro atoms. The molecule has 1 rings (SSSR count). The molecular weight excluding hydrogens is 300 g/mol. The predicted octanol–water partition coefficient (Wildman–Crippen LogP) is -0.386. The zero-order valence-electron chi connectivity index (χ0n) is 15.6. The Balaban J connectivity index is 2.58. The number of nitrogens with one attached hydrogen (secondary N) is 6. The zero-order valence-corrected chi connectivity index (χ0v) is 15.6. The number of hydrogen-bond acceptors (Lipinski definition) is 6. The fourth-order valence-electron chi connectivity index (χ4n) is 2.48. The molecule has 0 fully saturated rings. The van der Waals surface area contributed by atoms with Crippen LogP contribution in [0.2, 0.25) is 0 Å². The Morgan fingerprint density at radius 2 is 0.792 bits per heavy atom. The Morgan fingerprint density at radius 1 is 0.500 bits per heavy atom. The topological polar surface area (TPSA) is 72.2 Å². The lowest BCUT2D eigenvalue weighted by Gasteiger charge is -2.12. The average molecular weight is 337 g/mol. The van der Waals surface area contributed by atoms with Gasteiger partial charge in [-0.25, -0.2) is 0 Å². The minimum atomic E-state index is 0.912. The molecule has 0 radical (unpaired) electrons. The van der Waals surface area contributed by atoms with Gasteiger partial charge in [0, 0.05) is 58.9 Å². The lowest BCUT2D eigenvalue weighted by Crippen LogP contribution is -2.26. The molecule has 0 saturated carbocycles. The first-order chi connectivity index (χ1) is 11.8. The van der Waals surface area contributed by atoms with E-state index in [2.05, 4.69) is 50.1 Å². The van der Waals surface area contributed by atoms with Crippen molar-refractivity contribution in [3.63, 3.8) is 0 Å². The van der Waals surface area contributed by atoms with Gasteiger partial charge in [-0.1, -0.05) is 18.2 Å². The lowest BCUT2D eigenvalue weighted by atomic mass is 10.0. The molecule has 24 heavy (non-hydrogen) atoms. The Hall–Kier alpha value is -1.02. The summed E-state index contributed by atoms with van der Waals surface area (Å²) in [6.45, 7) is 8.66. The second-order valence-electron chi connectivity index (χ2n) is 6.00. The van der Waals surface area contributed by atoms with Gasteiger partial charge >= 0.3 is 0 Å². The van der Waals surface area contributed by atoms with Gasteiger partial charge < -0.3 is 31.9 Å². The van der Waals surface area contributed by atoms with E-state index in [-0.39, 0.29) is 0 Å². The molecule has 6 N–H and O–H groups in total. The molecule has 0 aliphatic rings. The zero-order chi connectivity index (χ0) is 17.5. The van der Waals surface area contributed by atoms with Gasteiger partial charge in [0.2, 0.25) is 0 Å². The summed E-state index contributed by atoms with van der Waals surface area (Å²) in [6, 6.07) is 6.90. The van der Waals surface area contributed by atoms with Gasteiger partial charge in [-0.05, 0) is 37.8 Å². The van der Waals surface area contributed by atoms with Crippen molar-refractivity contribution >= 4 is 0 Å². The van der Waals surface area contributed by atoms with Crippen molar-refractivity contribution in [2.24, 2.45) is 0 Å². The van der Waals surface area contributed by atoms with Crippen molar-refractivity contribution < 1.29 is 0 Å². The lowest BCUT2D eigenvalue weighted by molar-refractivity contribution is 0.635. The summed E-state index contributed by atoms with van der Waals surface area (Å²) in [5.41, 5.74) is 4.05. The molecule has 0 aliphatic heterocycles. The fourth-order valence-corrected chi connectivity index (χ4v) is 2.48. The third-order valence-corrected chi connectivity index (χ3v) is 3.76. The van der Waals surface area contributed by atoms with Gasteiger partial charge in [0.15, 0.2) is 0 Å². The molecule has 138 valence electrons. The average Bonchev–Trinajstić information content (AvgIpc) is 2.59. The first kappa shape index (κ1) is 21.0. The van der Waals surface area contributed by atoms with E-state index in [1.54, 1.807) is 0 Å². The van der Waals surface area contributed by atoms with Crippen LogP contribution < -0.4 is 31.9 Å². The summed E-state index contributed by atoms with van der Waals surface area (Å²) in [6.07, 6.45) is 0. The van der Waals surface area contributed by atoms with E-state index in [0.717, 1.165) is 58.9 Å². The van der Waals surface area contributed by atoms with Crippen molar-refractivity contribution in [3.05, 3.63) is 34.9 Å². The molecule has 0 aliphatic carbocycles. The smallest absolute Gasteiger partial charge is 0.0206 e. The van der Waals surface area contributed by atoms with Crippen LogP contribution in [-0.4, -0.2) is 60.4 Å². The first-order valence-corrected chi connectivity index (χ1v) is 8.97. The van der Waals surface area contributed by atoms with Crippen LogP contribution in [0.4, 0.5) is 0 Å². The second kappa shape index (κ2) is 14.3. The van der Waals surface area contributed by atoms with Crippen molar-refractivity contribution in [2.45, 2.75) is 19.6 Å². The molecule has 0 atom stereocenters. The molecule has 0 saturated heterocycles. The van der Waals surface area contributed by atoms with Crippen LogP contribution in [0, 0.1) is 0 Å². The van der Waals surface area contributed by atoms with Crippen LogP contribution in [0.25, 0.3) is 0 Å². The van der Waals surface area contributed by atoms with Crippen LogP contribution >= 0.6 is 0 Å². The van der Waals surface area contributed by atoms with Crippen molar-refractivity contribution in [3.8, 4) is 0 Å². The van der Waals surface area contributed by atoms with E-state index in [9.17, 15) is 0 Å². The number of likely N-dealkylation sites (N-methyl/N-ethyl adjacent to an activating group) is 3. The van der Waals surface area contributed by atoms with Gasteiger partial charge in [-0.2, -0.15) is 0 Å². The van der Waals surface area contributed by atoms with Gasteiger partial charge in [-0.3, -0.25) is 0 Å². The largest absolute Gasteiger partial charge is 0.318 e. The minimum Gasteiger partial charge on any atom is -0.318 e. The highest BCUT2D eigenvalue weighted by atomic mass is 14.9. The highest BCUT2D eigenvalue weighted by Gasteiger charge is 2.02. The van der Waals surface area contributed by atoms with E-state index in [0.29, 0.717) is 0 Å². The maximum Gasteiger partial charge on any atom is 0.0206 e. The number of benzene rings is 1. The van der Waals surface area contributed by atoms with Gasteiger partial charge in [0.1, 0.15) is 0 Å². The van der Waals surface area contributed by atoms with E-state index in [1.807, 2.05) is 21.1 Å². The summed E-state index contributed by atoms with van der Waals surface area (Å²) in [5, 5.41) is 19.9. The minimum absolute atomic E-state index is 0.912. The molecule has 1 aromatic carbocycles. The van der Waals surface area contributed by atoms with Crippen LogP contribution in [0.3, 0.4) is 0 Å². The summed E-state index contributed by atoms with van der Waals surface area (Å²) < 4.78 is 0. The van der Waals surface area contributed by atoms with Crippen LogP contribution in [0.1, 0.15) is 16.7 Å². The Morgan fingerprint density at radius 3 is 1.04 bits per heavy atom. The molecular formula is C18H36N6. The molecule has 1 aromatic rings. The quantitative estimate of drug-likeness (QED) is 0.245.